The maximum absolute atomic E-state index is 13.1. The maximum atomic E-state index is 13.1. The fourth-order valence-corrected chi connectivity index (χ4v) is 3.02. The number of rotatable bonds is 8. The summed E-state index contributed by atoms with van der Waals surface area (Å²) in [7, 11) is 0. The van der Waals surface area contributed by atoms with Gasteiger partial charge in [0.15, 0.2) is 0 Å². The number of nitrogens with one attached hydrogen (secondary N) is 1. The van der Waals surface area contributed by atoms with Crippen LogP contribution >= 0.6 is 11.6 Å². The molecule has 0 fully saturated rings. The van der Waals surface area contributed by atoms with E-state index in [2.05, 4.69) is 5.32 Å². The molecule has 0 saturated heterocycles. The summed E-state index contributed by atoms with van der Waals surface area (Å²) in [5.41, 5.74) is 2.98. The monoisotopic (exact) mass is 400 g/mol. The quantitative estimate of drug-likeness (QED) is 0.714. The van der Waals surface area contributed by atoms with E-state index < -0.39 is 6.04 Å². The van der Waals surface area contributed by atoms with Gasteiger partial charge in [-0.05, 0) is 48.6 Å². The normalized spacial score (nSPS) is 11.9. The van der Waals surface area contributed by atoms with E-state index in [4.69, 9.17) is 11.6 Å². The van der Waals surface area contributed by atoms with Gasteiger partial charge in [-0.3, -0.25) is 9.59 Å². The molecular weight excluding hydrogens is 372 g/mol. The van der Waals surface area contributed by atoms with E-state index in [0.717, 1.165) is 16.7 Å². The van der Waals surface area contributed by atoms with Crippen LogP contribution in [-0.2, 0) is 22.6 Å². The molecule has 2 aromatic carbocycles. The third-order valence-corrected chi connectivity index (χ3v) is 4.97. The highest BCUT2D eigenvalue weighted by Gasteiger charge is 2.26. The second-order valence-corrected chi connectivity index (χ2v) is 8.00. The van der Waals surface area contributed by atoms with E-state index >= 15 is 0 Å². The Morgan fingerprint density at radius 2 is 1.68 bits per heavy atom. The van der Waals surface area contributed by atoms with Gasteiger partial charge in [0.25, 0.3) is 0 Å². The number of nitrogens with zero attached hydrogens (tertiary/aromatic N) is 1. The van der Waals surface area contributed by atoms with E-state index in [1.807, 2.05) is 57.2 Å². The second kappa shape index (κ2) is 10.3. The van der Waals surface area contributed by atoms with Crippen LogP contribution in [0.15, 0.2) is 48.5 Å². The van der Waals surface area contributed by atoms with Gasteiger partial charge in [0, 0.05) is 18.1 Å². The molecule has 1 N–H and O–H groups in total. The van der Waals surface area contributed by atoms with Crippen molar-refractivity contribution in [2.45, 2.75) is 46.7 Å². The molecule has 0 aliphatic carbocycles. The van der Waals surface area contributed by atoms with E-state index in [0.29, 0.717) is 24.0 Å². The molecule has 5 heteroatoms. The summed E-state index contributed by atoms with van der Waals surface area (Å²) in [5.74, 6) is 0.140. The Balaban J connectivity index is 2.21. The van der Waals surface area contributed by atoms with Crippen molar-refractivity contribution in [3.8, 4) is 0 Å². The first-order valence-electron chi connectivity index (χ1n) is 9.64. The molecule has 1 atom stereocenters. The van der Waals surface area contributed by atoms with Crippen molar-refractivity contribution in [2.24, 2.45) is 5.92 Å². The van der Waals surface area contributed by atoms with E-state index in [9.17, 15) is 9.59 Å². The molecule has 28 heavy (non-hydrogen) atoms. The lowest BCUT2D eigenvalue weighted by atomic mass is 10.0. The Morgan fingerprint density at radius 3 is 2.29 bits per heavy atom. The van der Waals surface area contributed by atoms with Crippen molar-refractivity contribution >= 4 is 23.4 Å². The summed E-state index contributed by atoms with van der Waals surface area (Å²) >= 11 is 5.97. The molecule has 0 bridgehead atoms. The standard InChI is InChI=1S/C23H29ClN2O2/c1-16(2)14-25-23(28)18(4)26(15-19-9-11-21(24)12-10-19)22(27)13-20-8-6-5-7-17(20)3/h5-12,16,18H,13-15H2,1-4H3,(H,25,28). The third-order valence-electron chi connectivity index (χ3n) is 4.72. The number of aryl methyl sites for hydroxylation is 1. The van der Waals surface area contributed by atoms with E-state index in [1.165, 1.54) is 0 Å². The molecule has 2 rings (SSSR count). The van der Waals surface area contributed by atoms with Crippen LogP contribution in [0.5, 0.6) is 0 Å². The molecule has 0 aliphatic rings. The lowest BCUT2D eigenvalue weighted by Gasteiger charge is -2.29. The van der Waals surface area contributed by atoms with Gasteiger partial charge in [-0.1, -0.05) is 61.8 Å². The van der Waals surface area contributed by atoms with Gasteiger partial charge in [-0.15, -0.1) is 0 Å². The SMILES string of the molecule is Cc1ccccc1CC(=O)N(Cc1ccc(Cl)cc1)C(C)C(=O)NCC(C)C. The van der Waals surface area contributed by atoms with Gasteiger partial charge in [-0.2, -0.15) is 0 Å². The topological polar surface area (TPSA) is 49.4 Å². The Kier molecular flexibility index (Phi) is 8.06. The van der Waals surface area contributed by atoms with Crippen LogP contribution in [0, 0.1) is 12.8 Å². The van der Waals surface area contributed by atoms with E-state index in [1.54, 1.807) is 24.0 Å². The Morgan fingerprint density at radius 1 is 1.04 bits per heavy atom. The summed E-state index contributed by atoms with van der Waals surface area (Å²) in [6, 6.07) is 14.6. The first-order valence-corrected chi connectivity index (χ1v) is 10.0. The molecule has 1 unspecified atom stereocenters. The molecule has 0 heterocycles. The average molecular weight is 401 g/mol. The number of carbonyl (C=O) groups excluding carboxylic acids is 2. The van der Waals surface area contributed by atoms with Crippen molar-refractivity contribution < 1.29 is 9.59 Å². The minimum atomic E-state index is -0.564. The highest BCUT2D eigenvalue weighted by atomic mass is 35.5. The highest BCUT2D eigenvalue weighted by Crippen LogP contribution is 2.16. The van der Waals surface area contributed by atoms with Gasteiger partial charge in [0.1, 0.15) is 6.04 Å². The molecule has 0 saturated carbocycles. The molecule has 4 nitrogen and oxygen atoms in total. The van der Waals surface area contributed by atoms with E-state index in [-0.39, 0.29) is 18.2 Å². The number of amides is 2. The minimum Gasteiger partial charge on any atom is -0.354 e. The summed E-state index contributed by atoms with van der Waals surface area (Å²) < 4.78 is 0. The van der Waals surface area contributed by atoms with Gasteiger partial charge in [-0.25, -0.2) is 0 Å². The zero-order valence-corrected chi connectivity index (χ0v) is 17.8. The lowest BCUT2D eigenvalue weighted by Crippen LogP contribution is -2.48. The highest BCUT2D eigenvalue weighted by molar-refractivity contribution is 6.30. The molecule has 0 radical (unpaired) electrons. The van der Waals surface area contributed by atoms with Crippen molar-refractivity contribution in [2.75, 3.05) is 6.54 Å². The molecule has 0 aromatic heterocycles. The predicted molar refractivity (Wildman–Crippen MR) is 114 cm³/mol. The number of hydrogen-bond donors (Lipinski definition) is 1. The molecule has 2 amide bonds. The lowest BCUT2D eigenvalue weighted by molar-refractivity contribution is -0.140. The Hall–Kier alpha value is -2.33. The van der Waals surface area contributed by atoms with Gasteiger partial charge in [0.05, 0.1) is 6.42 Å². The van der Waals surface area contributed by atoms with Crippen LogP contribution in [0.2, 0.25) is 5.02 Å². The Bertz CT molecular complexity index is 803. The zero-order valence-electron chi connectivity index (χ0n) is 17.0. The molecular formula is C23H29ClN2O2. The first kappa shape index (κ1) is 22.0. The van der Waals surface area contributed by atoms with Gasteiger partial charge < -0.3 is 10.2 Å². The van der Waals surface area contributed by atoms with Gasteiger partial charge in [0.2, 0.25) is 11.8 Å². The molecule has 0 spiro atoms. The van der Waals surface area contributed by atoms with Crippen molar-refractivity contribution in [1.29, 1.82) is 0 Å². The van der Waals surface area contributed by atoms with Crippen molar-refractivity contribution in [3.05, 3.63) is 70.2 Å². The van der Waals surface area contributed by atoms with Crippen LogP contribution in [0.25, 0.3) is 0 Å². The average Bonchev–Trinajstić information content (AvgIpc) is 2.66. The number of hydrogen-bond acceptors (Lipinski definition) is 2. The number of carbonyl (C=O) groups is 2. The summed E-state index contributed by atoms with van der Waals surface area (Å²) in [6.07, 6.45) is 0.266. The van der Waals surface area contributed by atoms with Gasteiger partial charge >= 0.3 is 0 Å². The van der Waals surface area contributed by atoms with Crippen LogP contribution in [-0.4, -0.2) is 29.3 Å². The largest absolute Gasteiger partial charge is 0.354 e. The van der Waals surface area contributed by atoms with Crippen LogP contribution < -0.4 is 5.32 Å². The number of halogens is 1. The van der Waals surface area contributed by atoms with Crippen LogP contribution in [0.1, 0.15) is 37.5 Å². The smallest absolute Gasteiger partial charge is 0.242 e. The number of benzene rings is 2. The Labute approximate surface area is 172 Å². The molecule has 150 valence electrons. The third kappa shape index (κ3) is 6.38. The fraction of sp³-hybridized carbons (Fsp3) is 0.391. The van der Waals surface area contributed by atoms with Crippen molar-refractivity contribution in [3.63, 3.8) is 0 Å². The molecule has 2 aromatic rings. The summed E-state index contributed by atoms with van der Waals surface area (Å²) in [6.45, 7) is 8.80. The first-order chi connectivity index (χ1) is 13.3. The predicted octanol–water partition coefficient (Wildman–Crippen LogP) is 4.38. The maximum Gasteiger partial charge on any atom is 0.242 e. The molecule has 0 aliphatic heterocycles. The summed E-state index contributed by atoms with van der Waals surface area (Å²) in [4.78, 5) is 27.4. The second-order valence-electron chi connectivity index (χ2n) is 7.57. The summed E-state index contributed by atoms with van der Waals surface area (Å²) in [5, 5.41) is 3.58. The zero-order chi connectivity index (χ0) is 20.7. The van der Waals surface area contributed by atoms with Crippen LogP contribution in [0.4, 0.5) is 0 Å². The van der Waals surface area contributed by atoms with Crippen LogP contribution in [0.3, 0.4) is 0 Å². The minimum absolute atomic E-state index is 0.0727. The van der Waals surface area contributed by atoms with Crippen molar-refractivity contribution in [1.82, 2.24) is 10.2 Å². The fourth-order valence-electron chi connectivity index (χ4n) is 2.89.